The molecular formula is C34H39N9O3. The van der Waals surface area contributed by atoms with Crippen LogP contribution in [-0.2, 0) is 23.1 Å². The number of piperidine rings is 1. The molecule has 0 spiro atoms. The highest BCUT2D eigenvalue weighted by molar-refractivity contribution is 5.95. The second-order valence-electron chi connectivity index (χ2n) is 13.2. The number of benzene rings is 2. The van der Waals surface area contributed by atoms with Crippen molar-refractivity contribution < 1.29 is 14.4 Å². The van der Waals surface area contributed by atoms with Gasteiger partial charge in [-0.1, -0.05) is 23.8 Å². The third-order valence-corrected chi connectivity index (χ3v) is 10.8. The van der Waals surface area contributed by atoms with Gasteiger partial charge in [-0.15, -0.1) is 10.2 Å². The smallest absolute Gasteiger partial charge is 0.251 e. The molecule has 3 aromatic rings. The summed E-state index contributed by atoms with van der Waals surface area (Å²) >= 11 is 0. The number of aromatic amines is 1. The van der Waals surface area contributed by atoms with Crippen molar-refractivity contribution in [2.24, 2.45) is 11.8 Å². The number of hydrogen-bond acceptors (Lipinski definition) is 8. The summed E-state index contributed by atoms with van der Waals surface area (Å²) < 4.78 is 0. The van der Waals surface area contributed by atoms with Crippen molar-refractivity contribution in [2.45, 2.75) is 74.9 Å². The number of H-pyrrole nitrogens is 1. The van der Waals surface area contributed by atoms with E-state index in [0.717, 1.165) is 54.4 Å². The van der Waals surface area contributed by atoms with E-state index >= 15 is 0 Å². The van der Waals surface area contributed by atoms with Gasteiger partial charge in [0.1, 0.15) is 6.04 Å². The molecule has 0 radical (unpaired) electrons. The number of aryl methyl sites for hydroxylation is 2. The number of rotatable bonds is 9. The van der Waals surface area contributed by atoms with E-state index in [-0.39, 0.29) is 42.4 Å². The minimum Gasteiger partial charge on any atom is -0.355 e. The van der Waals surface area contributed by atoms with Gasteiger partial charge in [-0.25, -0.2) is 0 Å². The molecule has 3 fully saturated rings. The molecule has 3 amide bonds. The molecule has 2 aromatic carbocycles. The molecule has 2 saturated carbocycles. The maximum Gasteiger partial charge on any atom is 0.251 e. The molecule has 238 valence electrons. The summed E-state index contributed by atoms with van der Waals surface area (Å²) in [5.41, 5.74) is 4.20. The summed E-state index contributed by atoms with van der Waals surface area (Å²) in [7, 11) is 3.24. The second kappa shape index (κ2) is 11.9. The fourth-order valence-corrected chi connectivity index (χ4v) is 8.13. The topological polar surface area (TPSA) is 169 Å². The number of carbonyl (C=O) groups excluding carboxylic acids is 3. The fourth-order valence-electron chi connectivity index (χ4n) is 8.13. The average Bonchev–Trinajstić information content (AvgIpc) is 3.44. The first kappa shape index (κ1) is 30.0. The molecule has 1 aromatic heterocycles. The van der Waals surface area contributed by atoms with E-state index in [9.17, 15) is 19.6 Å². The molecule has 1 saturated heterocycles. The van der Waals surface area contributed by atoms with Crippen LogP contribution >= 0.6 is 0 Å². The Kier molecular flexibility index (Phi) is 7.80. The molecule has 12 nitrogen and oxygen atoms in total. The lowest BCUT2D eigenvalue weighted by atomic mass is 9.64. The maximum absolute atomic E-state index is 13.6. The summed E-state index contributed by atoms with van der Waals surface area (Å²) in [4.78, 5) is 40.9. The standard InChI is InChI=1S/C34H39N9O3/c1-36-31(45)22-8-10-26-20(12-22)6-7-21-13-23(32(46)37-2)9-11-27(21)34(26,33-39-41-42-40-33)16-28(19-4-3-5-19)38-18-30(44)43-25(17-35)14-24-15-29(24)43/h8-13,19,24-25,28-29,38H,3-7,14-16,18H2,1-2H3,(H,36,45)(H,37,46)(H,39,40,41,42)/t24-,25+,28-,29+/m1/s1. The number of amides is 3. The first-order chi connectivity index (χ1) is 22.4. The summed E-state index contributed by atoms with van der Waals surface area (Å²) in [6.45, 7) is 0.149. The van der Waals surface area contributed by atoms with Gasteiger partial charge in [0.05, 0.1) is 18.0 Å². The highest BCUT2D eigenvalue weighted by atomic mass is 16.2. The number of nitrogens with zero attached hydrogens (tertiary/aromatic N) is 5. The second-order valence-corrected chi connectivity index (χ2v) is 13.2. The Morgan fingerprint density at radius 3 is 2.20 bits per heavy atom. The number of fused-ring (bicyclic) bond motifs is 3. The lowest BCUT2D eigenvalue weighted by Gasteiger charge is -2.42. The molecular weight excluding hydrogens is 582 g/mol. The van der Waals surface area contributed by atoms with Crippen LogP contribution in [0.5, 0.6) is 0 Å². The number of nitriles is 1. The summed E-state index contributed by atoms with van der Waals surface area (Å²) in [5, 5.41) is 34.7. The van der Waals surface area contributed by atoms with E-state index in [0.29, 0.717) is 48.0 Å². The zero-order chi connectivity index (χ0) is 32.0. The number of carbonyl (C=O) groups is 3. The lowest BCUT2D eigenvalue weighted by molar-refractivity contribution is -0.131. The zero-order valence-corrected chi connectivity index (χ0v) is 26.2. The monoisotopic (exact) mass is 621 g/mol. The Balaban J connectivity index is 1.33. The molecule has 3 aliphatic carbocycles. The van der Waals surface area contributed by atoms with Gasteiger partial charge in [0, 0.05) is 37.3 Å². The van der Waals surface area contributed by atoms with Crippen LogP contribution in [0, 0.1) is 23.2 Å². The van der Waals surface area contributed by atoms with Crippen LogP contribution in [0.1, 0.15) is 87.3 Å². The molecule has 0 bridgehead atoms. The Morgan fingerprint density at radius 1 is 1.02 bits per heavy atom. The predicted octanol–water partition coefficient (Wildman–Crippen LogP) is 2.01. The van der Waals surface area contributed by atoms with E-state index in [1.54, 1.807) is 19.0 Å². The number of hydrogen-bond donors (Lipinski definition) is 4. The summed E-state index contributed by atoms with van der Waals surface area (Å²) in [6, 6.07) is 13.7. The highest BCUT2D eigenvalue weighted by Gasteiger charge is 2.54. The predicted molar refractivity (Wildman–Crippen MR) is 168 cm³/mol. The average molecular weight is 622 g/mol. The van der Waals surface area contributed by atoms with Crippen molar-refractivity contribution in [3.05, 3.63) is 75.6 Å². The highest BCUT2D eigenvalue weighted by Crippen LogP contribution is 2.50. The van der Waals surface area contributed by atoms with Crippen LogP contribution in [0.3, 0.4) is 0 Å². The first-order valence-corrected chi connectivity index (χ1v) is 16.3. The van der Waals surface area contributed by atoms with E-state index in [1.807, 2.05) is 36.4 Å². The molecule has 2 heterocycles. The van der Waals surface area contributed by atoms with Crippen molar-refractivity contribution in [1.82, 2.24) is 41.5 Å². The van der Waals surface area contributed by atoms with Crippen LogP contribution in [0.2, 0.25) is 0 Å². The quantitative estimate of drug-likeness (QED) is 0.281. The van der Waals surface area contributed by atoms with Gasteiger partial charge in [0.15, 0.2) is 5.82 Å². The van der Waals surface area contributed by atoms with Gasteiger partial charge < -0.3 is 20.9 Å². The van der Waals surface area contributed by atoms with Crippen molar-refractivity contribution in [1.29, 1.82) is 5.26 Å². The normalized spacial score (nSPS) is 23.1. The summed E-state index contributed by atoms with van der Waals surface area (Å²) in [5.74, 6) is 0.928. The van der Waals surface area contributed by atoms with E-state index in [2.05, 4.69) is 42.6 Å². The third kappa shape index (κ3) is 5.03. The summed E-state index contributed by atoms with van der Waals surface area (Å²) in [6.07, 6.45) is 6.79. The number of aromatic nitrogens is 4. The van der Waals surface area contributed by atoms with Gasteiger partial charge in [-0.05, 0) is 103 Å². The van der Waals surface area contributed by atoms with Crippen LogP contribution in [-0.4, -0.2) is 82.0 Å². The largest absolute Gasteiger partial charge is 0.355 e. The minimum atomic E-state index is -0.892. The zero-order valence-electron chi connectivity index (χ0n) is 26.2. The molecule has 12 heteroatoms. The molecule has 4 N–H and O–H groups in total. The van der Waals surface area contributed by atoms with Gasteiger partial charge in [0.2, 0.25) is 5.91 Å². The van der Waals surface area contributed by atoms with Crippen LogP contribution in [0.25, 0.3) is 0 Å². The molecule has 46 heavy (non-hydrogen) atoms. The first-order valence-electron chi connectivity index (χ1n) is 16.3. The van der Waals surface area contributed by atoms with Crippen LogP contribution < -0.4 is 16.0 Å². The molecule has 4 aliphatic rings. The number of nitrogens with one attached hydrogen (secondary N) is 4. The number of likely N-dealkylation sites (tertiary alicyclic amines) is 1. The van der Waals surface area contributed by atoms with Crippen molar-refractivity contribution in [3.63, 3.8) is 0 Å². The van der Waals surface area contributed by atoms with Gasteiger partial charge in [0.25, 0.3) is 11.8 Å². The molecule has 1 aliphatic heterocycles. The van der Waals surface area contributed by atoms with Crippen molar-refractivity contribution in [3.8, 4) is 6.07 Å². The number of tetrazole rings is 1. The van der Waals surface area contributed by atoms with Crippen LogP contribution in [0.15, 0.2) is 36.4 Å². The SMILES string of the molecule is CNC(=O)c1ccc2c(c1)CCc1cc(C(=O)NC)ccc1C2(C[C@@H](NCC(=O)N1[C@H](C#N)C[C@@H]2C[C@@H]21)C1CCC1)c1nn[nH]n1. The third-order valence-electron chi connectivity index (χ3n) is 10.8. The van der Waals surface area contributed by atoms with Crippen molar-refractivity contribution >= 4 is 17.7 Å². The van der Waals surface area contributed by atoms with Crippen LogP contribution in [0.4, 0.5) is 0 Å². The maximum atomic E-state index is 13.6. The molecule has 0 unspecified atom stereocenters. The van der Waals surface area contributed by atoms with Gasteiger partial charge >= 0.3 is 0 Å². The molecule has 4 atom stereocenters. The van der Waals surface area contributed by atoms with Gasteiger partial charge in [-0.2, -0.15) is 10.5 Å². The van der Waals surface area contributed by atoms with E-state index in [4.69, 9.17) is 0 Å². The Bertz CT molecular complexity index is 1640. The van der Waals surface area contributed by atoms with E-state index in [1.165, 1.54) is 0 Å². The Morgan fingerprint density at radius 2 is 1.67 bits per heavy atom. The Hall–Kier alpha value is -4.63. The lowest BCUT2D eigenvalue weighted by Crippen LogP contribution is -2.50. The van der Waals surface area contributed by atoms with Gasteiger partial charge in [-0.3, -0.25) is 14.4 Å². The fraction of sp³-hybridized carbons (Fsp3) is 0.500. The minimum absolute atomic E-state index is 0.0263. The van der Waals surface area contributed by atoms with E-state index < -0.39 is 5.41 Å². The van der Waals surface area contributed by atoms with Crippen molar-refractivity contribution in [2.75, 3.05) is 20.6 Å². The molecule has 7 rings (SSSR count). The Labute approximate surface area is 267 Å².